The van der Waals surface area contributed by atoms with Crippen molar-refractivity contribution in [1.29, 1.82) is 0 Å². The number of nitrogens with one attached hydrogen (secondary N) is 1. The van der Waals surface area contributed by atoms with Gasteiger partial charge in [-0.2, -0.15) is 0 Å². The summed E-state index contributed by atoms with van der Waals surface area (Å²) in [6.07, 6.45) is 5.81. The standard InChI is InChI=1S/C13H22N4/c1-3-13(4-2)10-17(8-7-16-13)9-12-5-6-14-11-15-12/h5-6,11,16H,3-4,7-10H2,1-2H3. The molecule has 1 aromatic heterocycles. The van der Waals surface area contributed by atoms with Crippen LogP contribution in [0.1, 0.15) is 32.4 Å². The minimum absolute atomic E-state index is 0.297. The fourth-order valence-corrected chi connectivity index (χ4v) is 2.54. The molecule has 0 aliphatic carbocycles. The topological polar surface area (TPSA) is 41.1 Å². The van der Waals surface area contributed by atoms with Crippen LogP contribution in [0.5, 0.6) is 0 Å². The summed E-state index contributed by atoms with van der Waals surface area (Å²) in [5.74, 6) is 0. The Balaban J connectivity index is 1.98. The van der Waals surface area contributed by atoms with E-state index in [-0.39, 0.29) is 0 Å². The zero-order valence-electron chi connectivity index (χ0n) is 10.8. The molecule has 2 rings (SSSR count). The number of aromatic nitrogens is 2. The second-order valence-corrected chi connectivity index (χ2v) is 4.83. The van der Waals surface area contributed by atoms with Gasteiger partial charge in [-0.1, -0.05) is 13.8 Å². The van der Waals surface area contributed by atoms with Gasteiger partial charge in [0.15, 0.2) is 0 Å². The van der Waals surface area contributed by atoms with Crippen molar-refractivity contribution in [2.45, 2.75) is 38.8 Å². The Labute approximate surface area is 103 Å². The molecule has 0 spiro atoms. The summed E-state index contributed by atoms with van der Waals surface area (Å²) in [5, 5.41) is 3.67. The fraction of sp³-hybridized carbons (Fsp3) is 0.692. The smallest absolute Gasteiger partial charge is 0.115 e. The van der Waals surface area contributed by atoms with Gasteiger partial charge in [0.2, 0.25) is 0 Å². The van der Waals surface area contributed by atoms with Crippen molar-refractivity contribution < 1.29 is 0 Å². The molecule has 17 heavy (non-hydrogen) atoms. The van der Waals surface area contributed by atoms with Gasteiger partial charge >= 0.3 is 0 Å². The maximum atomic E-state index is 4.30. The van der Waals surface area contributed by atoms with Gasteiger partial charge in [-0.05, 0) is 18.9 Å². The predicted octanol–water partition coefficient (Wildman–Crippen LogP) is 1.44. The van der Waals surface area contributed by atoms with E-state index >= 15 is 0 Å². The van der Waals surface area contributed by atoms with Crippen LogP contribution in [-0.4, -0.2) is 40.0 Å². The monoisotopic (exact) mass is 234 g/mol. The maximum Gasteiger partial charge on any atom is 0.115 e. The molecule has 0 unspecified atom stereocenters. The summed E-state index contributed by atoms with van der Waals surface area (Å²) >= 11 is 0. The lowest BCUT2D eigenvalue weighted by Crippen LogP contribution is -2.59. The van der Waals surface area contributed by atoms with Crippen LogP contribution in [0, 0.1) is 0 Å². The van der Waals surface area contributed by atoms with Crippen LogP contribution in [-0.2, 0) is 6.54 Å². The zero-order valence-corrected chi connectivity index (χ0v) is 10.8. The van der Waals surface area contributed by atoms with Crippen molar-refractivity contribution in [3.05, 3.63) is 24.3 Å². The highest BCUT2D eigenvalue weighted by Crippen LogP contribution is 2.20. The molecule has 94 valence electrons. The Kier molecular flexibility index (Phi) is 4.07. The molecule has 1 saturated heterocycles. The average molecular weight is 234 g/mol. The second-order valence-electron chi connectivity index (χ2n) is 4.83. The van der Waals surface area contributed by atoms with Gasteiger partial charge in [-0.3, -0.25) is 4.90 Å². The van der Waals surface area contributed by atoms with Crippen LogP contribution < -0.4 is 5.32 Å². The Bertz CT molecular complexity index is 335. The summed E-state index contributed by atoms with van der Waals surface area (Å²) in [6.45, 7) is 8.77. The summed E-state index contributed by atoms with van der Waals surface area (Å²) in [6, 6.07) is 2.00. The molecule has 1 aromatic rings. The van der Waals surface area contributed by atoms with Gasteiger partial charge in [-0.25, -0.2) is 9.97 Å². The molecule has 0 saturated carbocycles. The lowest BCUT2D eigenvalue weighted by atomic mass is 9.90. The number of hydrogen-bond acceptors (Lipinski definition) is 4. The van der Waals surface area contributed by atoms with E-state index in [0.29, 0.717) is 5.54 Å². The minimum Gasteiger partial charge on any atom is -0.309 e. The first-order chi connectivity index (χ1) is 8.28. The third-order valence-electron chi connectivity index (χ3n) is 3.84. The SMILES string of the molecule is CCC1(CC)CN(Cc2ccncn2)CCN1. The third-order valence-corrected chi connectivity index (χ3v) is 3.84. The molecular formula is C13H22N4. The largest absolute Gasteiger partial charge is 0.309 e. The molecule has 0 amide bonds. The lowest BCUT2D eigenvalue weighted by Gasteiger charge is -2.43. The predicted molar refractivity (Wildman–Crippen MR) is 68.6 cm³/mol. The third kappa shape index (κ3) is 3.01. The molecule has 2 heterocycles. The summed E-state index contributed by atoms with van der Waals surface area (Å²) in [4.78, 5) is 10.7. The van der Waals surface area contributed by atoms with E-state index in [9.17, 15) is 0 Å². The van der Waals surface area contributed by atoms with Gasteiger partial charge in [0.1, 0.15) is 6.33 Å². The van der Waals surface area contributed by atoms with E-state index in [1.165, 1.54) is 12.8 Å². The zero-order chi connectivity index (χ0) is 12.1. The van der Waals surface area contributed by atoms with Gasteiger partial charge in [-0.15, -0.1) is 0 Å². The van der Waals surface area contributed by atoms with Gasteiger partial charge in [0.25, 0.3) is 0 Å². The van der Waals surface area contributed by atoms with Crippen molar-refractivity contribution >= 4 is 0 Å². The van der Waals surface area contributed by atoms with Crippen molar-refractivity contribution in [2.75, 3.05) is 19.6 Å². The number of rotatable bonds is 4. The highest BCUT2D eigenvalue weighted by molar-refractivity contribution is 5.00. The molecule has 0 radical (unpaired) electrons. The Morgan fingerprint density at radius 3 is 2.88 bits per heavy atom. The molecule has 1 aliphatic heterocycles. The maximum absolute atomic E-state index is 4.30. The van der Waals surface area contributed by atoms with Crippen LogP contribution in [0.4, 0.5) is 0 Å². The van der Waals surface area contributed by atoms with E-state index in [1.54, 1.807) is 6.33 Å². The van der Waals surface area contributed by atoms with Crippen LogP contribution in [0.15, 0.2) is 18.6 Å². The van der Waals surface area contributed by atoms with Crippen molar-refractivity contribution in [3.63, 3.8) is 0 Å². The Hall–Kier alpha value is -1.00. The van der Waals surface area contributed by atoms with Crippen LogP contribution in [0.25, 0.3) is 0 Å². The summed E-state index contributed by atoms with van der Waals surface area (Å²) < 4.78 is 0. The Morgan fingerprint density at radius 1 is 1.41 bits per heavy atom. The molecule has 0 aromatic carbocycles. The van der Waals surface area contributed by atoms with Gasteiger partial charge in [0.05, 0.1) is 5.69 Å². The van der Waals surface area contributed by atoms with E-state index in [4.69, 9.17) is 0 Å². The van der Waals surface area contributed by atoms with Crippen molar-refractivity contribution in [2.24, 2.45) is 0 Å². The van der Waals surface area contributed by atoms with Crippen LogP contribution in [0.2, 0.25) is 0 Å². The van der Waals surface area contributed by atoms with E-state index in [0.717, 1.165) is 31.9 Å². The van der Waals surface area contributed by atoms with E-state index in [1.807, 2.05) is 12.3 Å². The van der Waals surface area contributed by atoms with Crippen molar-refractivity contribution in [1.82, 2.24) is 20.2 Å². The first kappa shape index (κ1) is 12.5. The average Bonchev–Trinajstić information content (AvgIpc) is 2.40. The molecule has 0 bridgehead atoms. The van der Waals surface area contributed by atoms with E-state index < -0.39 is 0 Å². The highest BCUT2D eigenvalue weighted by atomic mass is 15.2. The van der Waals surface area contributed by atoms with Gasteiger partial charge < -0.3 is 5.32 Å². The van der Waals surface area contributed by atoms with Crippen LogP contribution in [0.3, 0.4) is 0 Å². The van der Waals surface area contributed by atoms with Gasteiger partial charge in [0, 0.05) is 37.9 Å². The number of hydrogen-bond donors (Lipinski definition) is 1. The molecule has 4 heteroatoms. The van der Waals surface area contributed by atoms with Crippen molar-refractivity contribution in [3.8, 4) is 0 Å². The highest BCUT2D eigenvalue weighted by Gasteiger charge is 2.31. The second kappa shape index (κ2) is 5.56. The Morgan fingerprint density at radius 2 is 2.24 bits per heavy atom. The van der Waals surface area contributed by atoms with Crippen LogP contribution >= 0.6 is 0 Å². The molecule has 1 fully saturated rings. The lowest BCUT2D eigenvalue weighted by molar-refractivity contribution is 0.117. The molecule has 1 aliphatic rings. The summed E-state index contributed by atoms with van der Waals surface area (Å²) in [7, 11) is 0. The number of piperazine rings is 1. The molecule has 1 N–H and O–H groups in total. The van der Waals surface area contributed by atoms with E-state index in [2.05, 4.69) is 34.0 Å². The first-order valence-electron chi connectivity index (χ1n) is 6.50. The molecular weight excluding hydrogens is 212 g/mol. The molecule has 4 nitrogen and oxygen atoms in total. The first-order valence-corrected chi connectivity index (χ1v) is 6.50. The quantitative estimate of drug-likeness (QED) is 0.856. The number of nitrogens with zero attached hydrogens (tertiary/aromatic N) is 3. The molecule has 0 atom stereocenters. The minimum atomic E-state index is 0.297. The normalized spacial score (nSPS) is 20.4. The summed E-state index contributed by atoms with van der Waals surface area (Å²) in [5.41, 5.74) is 1.41. The fourth-order valence-electron chi connectivity index (χ4n) is 2.54.